The van der Waals surface area contributed by atoms with E-state index in [4.69, 9.17) is 4.42 Å². The molecule has 0 fully saturated rings. The second kappa shape index (κ2) is 3.84. The molecule has 0 amide bonds. The van der Waals surface area contributed by atoms with Crippen molar-refractivity contribution >= 4 is 11.6 Å². The van der Waals surface area contributed by atoms with E-state index in [-0.39, 0.29) is 5.78 Å². The monoisotopic (exact) mass is 240 g/mol. The lowest BCUT2D eigenvalue weighted by Gasteiger charge is -2.03. The second-order valence-corrected chi connectivity index (χ2v) is 4.24. The third kappa shape index (κ3) is 1.46. The average molecular weight is 240 g/mol. The molecule has 4 nitrogen and oxygen atoms in total. The first kappa shape index (κ1) is 10.8. The van der Waals surface area contributed by atoms with Gasteiger partial charge in [-0.15, -0.1) is 0 Å². The van der Waals surface area contributed by atoms with E-state index in [1.807, 2.05) is 31.2 Å². The Morgan fingerprint density at radius 1 is 1.33 bits per heavy atom. The van der Waals surface area contributed by atoms with Gasteiger partial charge < -0.3 is 4.42 Å². The maximum Gasteiger partial charge on any atom is 0.306 e. The number of hydrogen-bond acceptors (Lipinski definition) is 3. The topological polar surface area (TPSA) is 47.5 Å². The molecule has 1 aromatic carbocycles. The van der Waals surface area contributed by atoms with Crippen LogP contribution in [0.2, 0.25) is 0 Å². The van der Waals surface area contributed by atoms with Crippen molar-refractivity contribution in [2.75, 3.05) is 0 Å². The lowest BCUT2D eigenvalue weighted by molar-refractivity contribution is 0.101. The molecule has 0 saturated carbocycles. The van der Waals surface area contributed by atoms with Crippen molar-refractivity contribution in [1.29, 1.82) is 0 Å². The minimum absolute atomic E-state index is 0.0258. The number of imidazole rings is 1. The molecule has 0 radical (unpaired) electrons. The van der Waals surface area contributed by atoms with E-state index >= 15 is 0 Å². The predicted molar refractivity (Wildman–Crippen MR) is 67.6 cm³/mol. The van der Waals surface area contributed by atoms with Crippen molar-refractivity contribution in [3.05, 3.63) is 48.0 Å². The van der Waals surface area contributed by atoms with E-state index in [2.05, 4.69) is 4.98 Å². The summed E-state index contributed by atoms with van der Waals surface area (Å²) in [5.41, 5.74) is 3.29. The van der Waals surface area contributed by atoms with Gasteiger partial charge in [0.2, 0.25) is 0 Å². The number of Topliss-reactive ketones (excluding diaryl/α,β-unsaturated/α-hetero) is 1. The van der Waals surface area contributed by atoms with Gasteiger partial charge in [0.15, 0.2) is 5.78 Å². The Bertz CT molecular complexity index is 737. The molecule has 3 aromatic rings. The summed E-state index contributed by atoms with van der Waals surface area (Å²) in [5, 5.41) is 0. The second-order valence-electron chi connectivity index (χ2n) is 4.24. The molecule has 0 unspecified atom stereocenters. The molecule has 0 atom stereocenters. The lowest BCUT2D eigenvalue weighted by Crippen LogP contribution is -1.99. The fourth-order valence-corrected chi connectivity index (χ4v) is 2.15. The highest BCUT2D eigenvalue weighted by Crippen LogP contribution is 2.27. The number of carbonyl (C=O) groups is 1. The van der Waals surface area contributed by atoms with Crippen LogP contribution in [0.3, 0.4) is 0 Å². The van der Waals surface area contributed by atoms with Gasteiger partial charge in [-0.2, -0.15) is 4.98 Å². The van der Waals surface area contributed by atoms with Gasteiger partial charge in [0.05, 0.1) is 0 Å². The van der Waals surface area contributed by atoms with Crippen molar-refractivity contribution in [2.45, 2.75) is 13.8 Å². The summed E-state index contributed by atoms with van der Waals surface area (Å²) < 4.78 is 6.93. The molecule has 0 aliphatic heterocycles. The van der Waals surface area contributed by atoms with Crippen LogP contribution in [0.1, 0.15) is 23.0 Å². The number of ketones is 1. The van der Waals surface area contributed by atoms with Crippen LogP contribution in [-0.2, 0) is 0 Å². The Balaban J connectivity index is 2.35. The summed E-state index contributed by atoms with van der Waals surface area (Å²) in [6.07, 6.45) is 3.23. The number of fused-ring (bicyclic) bond motifs is 1. The zero-order valence-electron chi connectivity index (χ0n) is 10.2. The van der Waals surface area contributed by atoms with Gasteiger partial charge in [-0.3, -0.25) is 9.20 Å². The predicted octanol–water partition coefficient (Wildman–Crippen LogP) is 3.11. The fraction of sp³-hybridized carbons (Fsp3) is 0.143. The minimum Gasteiger partial charge on any atom is -0.432 e. The van der Waals surface area contributed by atoms with Crippen molar-refractivity contribution < 1.29 is 9.21 Å². The third-order valence-corrected chi connectivity index (χ3v) is 3.00. The lowest BCUT2D eigenvalue weighted by atomic mass is 10.0. The van der Waals surface area contributed by atoms with E-state index in [1.54, 1.807) is 10.6 Å². The molecule has 0 aliphatic carbocycles. The molecule has 0 saturated heterocycles. The van der Waals surface area contributed by atoms with Gasteiger partial charge in [0.25, 0.3) is 0 Å². The number of aromatic nitrogens is 2. The first-order chi connectivity index (χ1) is 8.68. The Kier molecular flexibility index (Phi) is 2.30. The van der Waals surface area contributed by atoms with Crippen LogP contribution in [0.15, 0.2) is 41.1 Å². The van der Waals surface area contributed by atoms with Crippen LogP contribution in [0.4, 0.5) is 0 Å². The van der Waals surface area contributed by atoms with Crippen LogP contribution in [0, 0.1) is 6.92 Å². The number of aryl methyl sites for hydroxylation is 1. The quantitative estimate of drug-likeness (QED) is 0.646. The van der Waals surface area contributed by atoms with Crippen LogP contribution in [0.25, 0.3) is 17.1 Å². The average Bonchev–Trinajstić information content (AvgIpc) is 2.88. The Morgan fingerprint density at radius 2 is 2.11 bits per heavy atom. The van der Waals surface area contributed by atoms with Crippen molar-refractivity contribution in [2.24, 2.45) is 0 Å². The Morgan fingerprint density at radius 3 is 2.83 bits per heavy atom. The molecule has 18 heavy (non-hydrogen) atoms. The summed E-state index contributed by atoms with van der Waals surface area (Å²) in [6.45, 7) is 3.54. The third-order valence-electron chi connectivity index (χ3n) is 3.00. The van der Waals surface area contributed by atoms with Gasteiger partial charge >= 0.3 is 5.84 Å². The highest BCUT2D eigenvalue weighted by Gasteiger charge is 2.19. The van der Waals surface area contributed by atoms with Crippen LogP contribution < -0.4 is 0 Å². The zero-order chi connectivity index (χ0) is 12.7. The first-order valence-corrected chi connectivity index (χ1v) is 5.71. The molecular formula is C14H12N2O2. The molecule has 90 valence electrons. The van der Waals surface area contributed by atoms with Crippen molar-refractivity contribution in [3.8, 4) is 11.3 Å². The highest BCUT2D eigenvalue weighted by atomic mass is 16.3. The maximum absolute atomic E-state index is 11.8. The highest BCUT2D eigenvalue weighted by molar-refractivity contribution is 5.99. The molecule has 0 spiro atoms. The van der Waals surface area contributed by atoms with E-state index < -0.39 is 0 Å². The molecule has 2 aromatic heterocycles. The maximum atomic E-state index is 11.8. The van der Waals surface area contributed by atoms with E-state index in [0.29, 0.717) is 17.2 Å². The van der Waals surface area contributed by atoms with Crippen LogP contribution in [0.5, 0.6) is 0 Å². The largest absolute Gasteiger partial charge is 0.432 e. The van der Waals surface area contributed by atoms with Crippen LogP contribution in [-0.4, -0.2) is 15.2 Å². The normalized spacial score (nSPS) is 11.0. The fourth-order valence-electron chi connectivity index (χ4n) is 2.15. The first-order valence-electron chi connectivity index (χ1n) is 5.71. The molecule has 0 aliphatic rings. The van der Waals surface area contributed by atoms with Gasteiger partial charge in [-0.1, -0.05) is 24.3 Å². The number of carbonyl (C=O) groups excluding carboxylic acids is 1. The van der Waals surface area contributed by atoms with Gasteiger partial charge in [0.1, 0.15) is 17.7 Å². The molecule has 0 N–H and O–H groups in total. The number of nitrogens with zero attached hydrogens (tertiary/aromatic N) is 2. The van der Waals surface area contributed by atoms with Gasteiger partial charge in [-0.05, 0) is 12.5 Å². The molecule has 2 heterocycles. The molecule has 4 heteroatoms. The summed E-state index contributed by atoms with van der Waals surface area (Å²) in [5.74, 6) is 0.417. The van der Waals surface area contributed by atoms with Crippen molar-refractivity contribution in [3.63, 3.8) is 0 Å². The SMILES string of the molecule is CC(=O)c1c(-c2ccccc2C)nc2occn12. The molecule has 0 bridgehead atoms. The summed E-state index contributed by atoms with van der Waals surface area (Å²) in [7, 11) is 0. The van der Waals surface area contributed by atoms with Gasteiger partial charge in [0, 0.05) is 18.7 Å². The molecular weight excluding hydrogens is 228 g/mol. The Labute approximate surface area is 104 Å². The zero-order valence-corrected chi connectivity index (χ0v) is 10.2. The minimum atomic E-state index is -0.0258. The number of benzene rings is 1. The number of oxazole rings is 1. The Hall–Kier alpha value is -2.36. The van der Waals surface area contributed by atoms with Crippen LogP contribution >= 0.6 is 0 Å². The van der Waals surface area contributed by atoms with E-state index in [0.717, 1.165) is 11.1 Å². The molecule has 3 rings (SSSR count). The van der Waals surface area contributed by atoms with Crippen molar-refractivity contribution in [1.82, 2.24) is 9.38 Å². The van der Waals surface area contributed by atoms with E-state index in [9.17, 15) is 4.79 Å². The standard InChI is InChI=1S/C14H12N2O2/c1-9-5-3-4-6-11(9)12-13(10(2)17)16-7-8-18-14(16)15-12/h3-8H,1-2H3. The summed E-state index contributed by atoms with van der Waals surface area (Å²) in [4.78, 5) is 16.2. The summed E-state index contributed by atoms with van der Waals surface area (Å²) in [6, 6.07) is 7.86. The number of hydrogen-bond donors (Lipinski definition) is 0. The number of rotatable bonds is 2. The summed E-state index contributed by atoms with van der Waals surface area (Å²) >= 11 is 0. The smallest absolute Gasteiger partial charge is 0.306 e. The van der Waals surface area contributed by atoms with Gasteiger partial charge in [-0.25, -0.2) is 0 Å². The van der Waals surface area contributed by atoms with E-state index in [1.165, 1.54) is 13.2 Å².